The van der Waals surface area contributed by atoms with E-state index < -0.39 is 0 Å². The molecular weight excluding hydrogens is 260 g/mol. The number of aromatic nitrogens is 1. The number of pyridine rings is 1. The van der Waals surface area contributed by atoms with Gasteiger partial charge in [-0.25, -0.2) is 4.98 Å². The van der Waals surface area contributed by atoms with E-state index in [1.807, 2.05) is 7.05 Å². The molecule has 2 rings (SSSR count). The van der Waals surface area contributed by atoms with Crippen LogP contribution in [0.5, 0.6) is 0 Å². The highest BCUT2D eigenvalue weighted by Gasteiger charge is 2.24. The molecule has 0 aliphatic carbocycles. The van der Waals surface area contributed by atoms with Crippen LogP contribution in [0, 0.1) is 13.8 Å². The fourth-order valence-corrected chi connectivity index (χ4v) is 3.33. The Morgan fingerprint density at radius 1 is 1.33 bits per heavy atom. The van der Waals surface area contributed by atoms with Crippen molar-refractivity contribution in [1.29, 1.82) is 0 Å². The molecule has 0 bridgehead atoms. The number of piperidine rings is 1. The fourth-order valence-electron chi connectivity index (χ4n) is 3.33. The number of nitrogens with one attached hydrogen (secondary N) is 1. The minimum Gasteiger partial charge on any atom is -0.356 e. The Morgan fingerprint density at radius 3 is 2.57 bits per heavy atom. The van der Waals surface area contributed by atoms with Crippen LogP contribution in [0.3, 0.4) is 0 Å². The Balaban J connectivity index is 2.20. The zero-order chi connectivity index (χ0) is 15.4. The van der Waals surface area contributed by atoms with Gasteiger partial charge in [-0.15, -0.1) is 0 Å². The first-order chi connectivity index (χ1) is 10.1. The maximum Gasteiger partial charge on any atom is 0.133 e. The van der Waals surface area contributed by atoms with E-state index in [9.17, 15) is 0 Å². The molecule has 0 amide bonds. The van der Waals surface area contributed by atoms with Crippen LogP contribution >= 0.6 is 0 Å². The third kappa shape index (κ3) is 3.74. The summed E-state index contributed by atoms with van der Waals surface area (Å²) in [7, 11) is 4.22. The van der Waals surface area contributed by atoms with Gasteiger partial charge >= 0.3 is 0 Å². The second kappa shape index (κ2) is 7.23. The van der Waals surface area contributed by atoms with Gasteiger partial charge in [0, 0.05) is 44.0 Å². The molecular formula is C17H30N4. The molecule has 0 radical (unpaired) electrons. The first kappa shape index (κ1) is 16.2. The highest BCUT2D eigenvalue weighted by molar-refractivity contribution is 5.52. The molecule has 0 saturated carbocycles. The Labute approximate surface area is 129 Å². The first-order valence-electron chi connectivity index (χ1n) is 8.13. The molecule has 1 aromatic rings. The molecule has 1 N–H and O–H groups in total. The predicted molar refractivity (Wildman–Crippen MR) is 90.0 cm³/mol. The Kier molecular flexibility index (Phi) is 5.59. The van der Waals surface area contributed by atoms with Crippen molar-refractivity contribution in [1.82, 2.24) is 15.2 Å². The van der Waals surface area contributed by atoms with Crippen molar-refractivity contribution in [3.63, 3.8) is 0 Å². The summed E-state index contributed by atoms with van der Waals surface area (Å²) in [5.41, 5.74) is 3.79. The second-order valence-electron chi connectivity index (χ2n) is 6.19. The van der Waals surface area contributed by atoms with Crippen molar-refractivity contribution in [2.45, 2.75) is 46.2 Å². The normalized spacial score (nSPS) is 17.2. The number of hydrogen-bond donors (Lipinski definition) is 1. The summed E-state index contributed by atoms with van der Waals surface area (Å²) < 4.78 is 0. The van der Waals surface area contributed by atoms with E-state index in [1.54, 1.807) is 0 Å². The number of likely N-dealkylation sites (tertiary alicyclic amines) is 1. The Hall–Kier alpha value is -1.13. The Morgan fingerprint density at radius 2 is 2.00 bits per heavy atom. The summed E-state index contributed by atoms with van der Waals surface area (Å²) in [6, 6.07) is 2.79. The smallest absolute Gasteiger partial charge is 0.133 e. The van der Waals surface area contributed by atoms with E-state index in [0.717, 1.165) is 18.1 Å². The fraction of sp³-hybridized carbons (Fsp3) is 0.706. The zero-order valence-corrected chi connectivity index (χ0v) is 14.2. The zero-order valence-electron chi connectivity index (χ0n) is 14.2. The van der Waals surface area contributed by atoms with E-state index >= 15 is 0 Å². The van der Waals surface area contributed by atoms with Crippen molar-refractivity contribution in [3.8, 4) is 0 Å². The van der Waals surface area contributed by atoms with Crippen molar-refractivity contribution < 1.29 is 0 Å². The van der Waals surface area contributed by atoms with Crippen LogP contribution in [0.15, 0.2) is 6.07 Å². The van der Waals surface area contributed by atoms with Gasteiger partial charge < -0.3 is 15.1 Å². The monoisotopic (exact) mass is 290 g/mol. The van der Waals surface area contributed by atoms with Gasteiger partial charge in [-0.05, 0) is 51.9 Å². The van der Waals surface area contributed by atoms with E-state index in [4.69, 9.17) is 4.98 Å². The molecule has 0 spiro atoms. The molecule has 1 aliphatic rings. The maximum atomic E-state index is 4.84. The molecule has 118 valence electrons. The van der Waals surface area contributed by atoms with Gasteiger partial charge in [-0.1, -0.05) is 6.92 Å². The minimum absolute atomic E-state index is 0.608. The predicted octanol–water partition coefficient (Wildman–Crippen LogP) is 2.34. The lowest BCUT2D eigenvalue weighted by Crippen LogP contribution is -2.44. The molecule has 0 aromatic carbocycles. The van der Waals surface area contributed by atoms with Crippen LogP contribution in [0.1, 0.15) is 36.6 Å². The molecule has 1 aromatic heterocycles. The summed E-state index contributed by atoms with van der Waals surface area (Å²) in [6.45, 7) is 11.0. The van der Waals surface area contributed by atoms with E-state index in [-0.39, 0.29) is 0 Å². The van der Waals surface area contributed by atoms with E-state index in [0.29, 0.717) is 6.04 Å². The quantitative estimate of drug-likeness (QED) is 0.902. The Bertz CT molecular complexity index is 464. The summed E-state index contributed by atoms with van der Waals surface area (Å²) in [4.78, 5) is 9.79. The second-order valence-corrected chi connectivity index (χ2v) is 6.19. The summed E-state index contributed by atoms with van der Waals surface area (Å²) >= 11 is 0. The summed E-state index contributed by atoms with van der Waals surface area (Å²) in [5, 5.41) is 3.28. The van der Waals surface area contributed by atoms with Crippen LogP contribution in [-0.2, 0) is 6.54 Å². The van der Waals surface area contributed by atoms with Gasteiger partial charge in [0.05, 0.1) is 0 Å². The molecule has 1 fully saturated rings. The summed E-state index contributed by atoms with van der Waals surface area (Å²) in [5.74, 6) is 1.16. The van der Waals surface area contributed by atoms with Crippen molar-refractivity contribution in [3.05, 3.63) is 22.9 Å². The minimum atomic E-state index is 0.608. The number of hydrogen-bond acceptors (Lipinski definition) is 4. The van der Waals surface area contributed by atoms with E-state index in [2.05, 4.69) is 49.0 Å². The number of rotatable bonds is 5. The average Bonchev–Trinajstić information content (AvgIpc) is 2.49. The van der Waals surface area contributed by atoms with Crippen LogP contribution in [-0.4, -0.2) is 49.7 Å². The molecule has 1 aliphatic heterocycles. The first-order valence-corrected chi connectivity index (χ1v) is 8.13. The average molecular weight is 290 g/mol. The van der Waals surface area contributed by atoms with E-state index in [1.165, 1.54) is 43.6 Å². The van der Waals surface area contributed by atoms with Gasteiger partial charge in [-0.3, -0.25) is 0 Å². The lowest BCUT2D eigenvalue weighted by molar-refractivity contribution is 0.220. The number of nitrogens with zero attached hydrogens (tertiary/aromatic N) is 3. The number of anilines is 1. The van der Waals surface area contributed by atoms with Crippen LogP contribution in [0.2, 0.25) is 0 Å². The summed E-state index contributed by atoms with van der Waals surface area (Å²) in [6.07, 6.45) is 2.47. The van der Waals surface area contributed by atoms with Gasteiger partial charge in [-0.2, -0.15) is 0 Å². The van der Waals surface area contributed by atoms with Crippen molar-refractivity contribution in [2.75, 3.05) is 38.6 Å². The molecule has 21 heavy (non-hydrogen) atoms. The molecule has 0 atom stereocenters. The SMILES string of the molecule is CCN1CCC(N(C)c2nc(C)cc(C)c2CNC)CC1. The standard InChI is InChI=1S/C17H30N4/c1-6-21-9-7-15(8-10-21)20(5)17-16(12-18-4)13(2)11-14(3)19-17/h11,15,18H,6-10,12H2,1-5H3. The van der Waals surface area contributed by atoms with Gasteiger partial charge in [0.1, 0.15) is 5.82 Å². The van der Waals surface area contributed by atoms with Crippen LogP contribution in [0.25, 0.3) is 0 Å². The van der Waals surface area contributed by atoms with Crippen molar-refractivity contribution >= 4 is 5.82 Å². The highest BCUT2D eigenvalue weighted by atomic mass is 15.2. The third-order valence-electron chi connectivity index (χ3n) is 4.69. The number of aryl methyl sites for hydroxylation is 2. The van der Waals surface area contributed by atoms with Gasteiger partial charge in [0.15, 0.2) is 0 Å². The molecule has 0 unspecified atom stereocenters. The lowest BCUT2D eigenvalue weighted by Gasteiger charge is -2.37. The highest BCUT2D eigenvalue weighted by Crippen LogP contribution is 2.26. The lowest BCUT2D eigenvalue weighted by atomic mass is 10.0. The molecule has 4 heteroatoms. The van der Waals surface area contributed by atoms with Crippen LogP contribution < -0.4 is 10.2 Å². The topological polar surface area (TPSA) is 31.4 Å². The third-order valence-corrected chi connectivity index (χ3v) is 4.69. The van der Waals surface area contributed by atoms with Gasteiger partial charge in [0.25, 0.3) is 0 Å². The van der Waals surface area contributed by atoms with Crippen molar-refractivity contribution in [2.24, 2.45) is 0 Å². The largest absolute Gasteiger partial charge is 0.356 e. The molecule has 2 heterocycles. The molecule has 1 saturated heterocycles. The molecule has 4 nitrogen and oxygen atoms in total. The van der Waals surface area contributed by atoms with Gasteiger partial charge in [0.2, 0.25) is 0 Å². The van der Waals surface area contributed by atoms with Crippen LogP contribution in [0.4, 0.5) is 5.82 Å². The maximum absolute atomic E-state index is 4.84.